The van der Waals surface area contributed by atoms with Gasteiger partial charge in [-0.25, -0.2) is 6.07 Å². The van der Waals surface area contributed by atoms with Gasteiger partial charge in [-0.2, -0.15) is 6.07 Å². The van der Waals surface area contributed by atoms with E-state index in [1.807, 2.05) is 6.07 Å². The van der Waals surface area contributed by atoms with Gasteiger partial charge in [0.05, 0.1) is 0 Å². The Kier molecular flexibility index (Phi) is 3.83. The first-order valence-electron chi connectivity index (χ1n) is 3.07. The van der Waals surface area contributed by atoms with E-state index in [0.29, 0.717) is 5.41 Å². The second-order valence-electron chi connectivity index (χ2n) is 3.17. The molecule has 0 spiro atoms. The minimum absolute atomic E-state index is 0. The van der Waals surface area contributed by atoms with E-state index in [0.717, 1.165) is 0 Å². The summed E-state index contributed by atoms with van der Waals surface area (Å²) in [6.45, 7) is 6.64. The summed E-state index contributed by atoms with van der Waals surface area (Å²) in [4.78, 5) is 1.41. The molecule has 2 heteroatoms. The maximum Gasteiger partial charge on any atom is 0 e. The van der Waals surface area contributed by atoms with Gasteiger partial charge in [-0.15, -0.1) is 10.3 Å². The van der Waals surface area contributed by atoms with E-state index < -0.39 is 0 Å². The molecule has 0 unspecified atom stereocenters. The van der Waals surface area contributed by atoms with Crippen LogP contribution in [0.15, 0.2) is 12.1 Å². The maximum atomic E-state index is 3.08. The van der Waals surface area contributed by atoms with Crippen LogP contribution in [-0.4, -0.2) is 0 Å². The van der Waals surface area contributed by atoms with E-state index in [1.54, 1.807) is 11.3 Å². The first-order valence-corrected chi connectivity index (χ1v) is 3.89. The standard InChI is InChI=1S/C8H11S.W/c1-8(2,3)7-5-4-6-9-7;/h4-5H,1-3H3;/q-1;. The molecule has 0 aliphatic rings. The molecule has 1 heterocycles. The molecular weight excluding hydrogens is 312 g/mol. The van der Waals surface area contributed by atoms with E-state index in [2.05, 4.69) is 32.2 Å². The Hall–Kier alpha value is 0.388. The zero-order valence-electron chi connectivity index (χ0n) is 6.47. The Morgan fingerprint density at radius 2 is 2.00 bits per heavy atom. The Morgan fingerprint density at radius 1 is 1.40 bits per heavy atom. The van der Waals surface area contributed by atoms with Crippen LogP contribution in [-0.2, 0) is 26.5 Å². The molecule has 0 amide bonds. The number of hydrogen-bond donors (Lipinski definition) is 0. The molecule has 0 saturated carbocycles. The van der Waals surface area contributed by atoms with Gasteiger partial charge in [-0.05, 0) is 0 Å². The zero-order chi connectivity index (χ0) is 6.91. The molecule has 10 heavy (non-hydrogen) atoms. The fourth-order valence-electron chi connectivity index (χ4n) is 0.644. The minimum Gasteiger partial charge on any atom is -0.300 e. The quantitative estimate of drug-likeness (QED) is 0.644. The van der Waals surface area contributed by atoms with Crippen LogP contribution in [0.3, 0.4) is 0 Å². The van der Waals surface area contributed by atoms with Gasteiger partial charge in [0.1, 0.15) is 0 Å². The van der Waals surface area contributed by atoms with Gasteiger partial charge >= 0.3 is 0 Å². The van der Waals surface area contributed by atoms with Crippen LogP contribution in [0.25, 0.3) is 0 Å². The molecule has 0 aliphatic carbocycles. The second-order valence-corrected chi connectivity index (χ2v) is 4.05. The van der Waals surface area contributed by atoms with Crippen molar-refractivity contribution in [2.45, 2.75) is 26.2 Å². The molecule has 1 rings (SSSR count). The van der Waals surface area contributed by atoms with Crippen molar-refractivity contribution in [2.75, 3.05) is 0 Å². The van der Waals surface area contributed by atoms with Gasteiger partial charge in [0.2, 0.25) is 0 Å². The second kappa shape index (κ2) is 3.69. The van der Waals surface area contributed by atoms with Gasteiger partial charge in [0, 0.05) is 21.1 Å². The fourth-order valence-corrected chi connectivity index (χ4v) is 1.35. The molecule has 1 aromatic heterocycles. The summed E-state index contributed by atoms with van der Waals surface area (Å²) in [6, 6.07) is 4.11. The van der Waals surface area contributed by atoms with E-state index in [-0.39, 0.29) is 21.1 Å². The van der Waals surface area contributed by atoms with Crippen LogP contribution in [0, 0.1) is 5.38 Å². The third-order valence-corrected chi connectivity index (χ3v) is 2.43. The predicted molar refractivity (Wildman–Crippen MR) is 41.9 cm³/mol. The van der Waals surface area contributed by atoms with Crippen LogP contribution in [0.4, 0.5) is 0 Å². The van der Waals surface area contributed by atoms with Gasteiger partial charge in [-0.3, -0.25) is 11.3 Å². The average Bonchev–Trinajstić information content (AvgIpc) is 2.08. The molecule has 0 aromatic carbocycles. The molecule has 0 saturated heterocycles. The SMILES string of the molecule is CC(C)(C)c1cc[c-]s1.[W]. The largest absolute Gasteiger partial charge is 0.300 e. The Balaban J connectivity index is 0.000000810. The first-order chi connectivity index (χ1) is 4.11. The van der Waals surface area contributed by atoms with Crippen molar-refractivity contribution in [3.05, 3.63) is 22.4 Å². The summed E-state index contributed by atoms with van der Waals surface area (Å²) >= 11 is 1.70. The molecule has 0 aliphatic heterocycles. The van der Waals surface area contributed by atoms with Crippen molar-refractivity contribution in [1.82, 2.24) is 0 Å². The predicted octanol–water partition coefficient (Wildman–Crippen LogP) is 2.84. The van der Waals surface area contributed by atoms with Gasteiger partial charge in [-0.1, -0.05) is 26.2 Å². The zero-order valence-corrected chi connectivity index (χ0v) is 10.2. The summed E-state index contributed by atoms with van der Waals surface area (Å²) in [5.41, 5.74) is 0.310. The van der Waals surface area contributed by atoms with Gasteiger partial charge in [0.25, 0.3) is 0 Å². The van der Waals surface area contributed by atoms with Crippen LogP contribution in [0.5, 0.6) is 0 Å². The van der Waals surface area contributed by atoms with E-state index >= 15 is 0 Å². The summed E-state index contributed by atoms with van der Waals surface area (Å²) in [5.74, 6) is 0. The molecule has 0 nitrogen and oxygen atoms in total. The summed E-state index contributed by atoms with van der Waals surface area (Å²) in [7, 11) is 0. The minimum atomic E-state index is 0. The van der Waals surface area contributed by atoms with Crippen molar-refractivity contribution < 1.29 is 21.1 Å². The third-order valence-electron chi connectivity index (χ3n) is 1.21. The average molecular weight is 323 g/mol. The Bertz CT molecular complexity index is 172. The van der Waals surface area contributed by atoms with Crippen LogP contribution < -0.4 is 0 Å². The van der Waals surface area contributed by atoms with Crippen molar-refractivity contribution in [2.24, 2.45) is 0 Å². The van der Waals surface area contributed by atoms with Crippen molar-refractivity contribution in [3.8, 4) is 0 Å². The molecule has 0 atom stereocenters. The molecule has 0 radical (unpaired) electrons. The molecule has 0 bridgehead atoms. The van der Waals surface area contributed by atoms with Crippen LogP contribution in [0.1, 0.15) is 25.6 Å². The summed E-state index contributed by atoms with van der Waals surface area (Å²) < 4.78 is 0. The van der Waals surface area contributed by atoms with E-state index in [1.165, 1.54) is 4.88 Å². The van der Waals surface area contributed by atoms with Crippen LogP contribution in [0.2, 0.25) is 0 Å². The molecule has 1 aromatic rings. The number of hydrogen-bond acceptors (Lipinski definition) is 1. The molecule has 0 N–H and O–H groups in total. The monoisotopic (exact) mass is 323 g/mol. The topological polar surface area (TPSA) is 0 Å². The molecule has 0 fully saturated rings. The first kappa shape index (κ1) is 10.4. The summed E-state index contributed by atoms with van der Waals surface area (Å²) in [6.07, 6.45) is 0. The normalized spacial score (nSPS) is 10.7. The summed E-state index contributed by atoms with van der Waals surface area (Å²) in [5, 5.41) is 3.08. The number of thiophene rings is 1. The molecular formula is C8H11SW-. The smallest absolute Gasteiger partial charge is 0 e. The van der Waals surface area contributed by atoms with Gasteiger partial charge in [0.15, 0.2) is 0 Å². The van der Waals surface area contributed by atoms with E-state index in [9.17, 15) is 0 Å². The van der Waals surface area contributed by atoms with Crippen LogP contribution >= 0.6 is 11.3 Å². The molecule has 56 valence electrons. The van der Waals surface area contributed by atoms with Crippen molar-refractivity contribution in [3.63, 3.8) is 0 Å². The van der Waals surface area contributed by atoms with Crippen molar-refractivity contribution >= 4 is 11.3 Å². The van der Waals surface area contributed by atoms with Gasteiger partial charge < -0.3 is 0 Å². The Morgan fingerprint density at radius 3 is 2.20 bits per heavy atom. The third kappa shape index (κ3) is 2.55. The number of rotatable bonds is 0. The maximum absolute atomic E-state index is 3.08. The van der Waals surface area contributed by atoms with E-state index in [4.69, 9.17) is 0 Å². The fraction of sp³-hybridized carbons (Fsp3) is 0.500. The van der Waals surface area contributed by atoms with Crippen molar-refractivity contribution in [1.29, 1.82) is 0 Å². The Labute approximate surface area is 80.9 Å².